The van der Waals surface area contributed by atoms with Crippen LogP contribution in [0.3, 0.4) is 0 Å². The van der Waals surface area contributed by atoms with Crippen LogP contribution in [-0.2, 0) is 6.18 Å². The van der Waals surface area contributed by atoms with Crippen molar-refractivity contribution in [2.24, 2.45) is 0 Å². The average molecular weight is 425 g/mol. The molecule has 3 nitrogen and oxygen atoms in total. The van der Waals surface area contributed by atoms with Crippen molar-refractivity contribution in [1.29, 1.82) is 0 Å². The van der Waals surface area contributed by atoms with E-state index in [0.717, 1.165) is 18.2 Å². The van der Waals surface area contributed by atoms with Gasteiger partial charge in [-0.25, -0.2) is 13.2 Å². The van der Waals surface area contributed by atoms with E-state index in [1.807, 2.05) is 0 Å². The summed E-state index contributed by atoms with van der Waals surface area (Å²) in [6.07, 6.45) is -4.82. The fraction of sp³-hybridized carbons (Fsp3) is 0.0952. The smallest absolute Gasteiger partial charge is 0.420 e. The van der Waals surface area contributed by atoms with Crippen LogP contribution >= 0.6 is 0 Å². The topological polar surface area (TPSA) is 38.3 Å². The third kappa shape index (κ3) is 4.73. The highest BCUT2D eigenvalue weighted by molar-refractivity contribution is 6.05. The van der Waals surface area contributed by atoms with Crippen molar-refractivity contribution in [2.75, 3.05) is 5.32 Å². The van der Waals surface area contributed by atoms with Crippen molar-refractivity contribution in [1.82, 2.24) is 0 Å². The second-order valence-corrected chi connectivity index (χ2v) is 6.30. The number of carbonyl (C=O) groups excluding carboxylic acids is 1. The van der Waals surface area contributed by atoms with Gasteiger partial charge in [-0.15, -0.1) is 0 Å². The summed E-state index contributed by atoms with van der Waals surface area (Å²) in [6.45, 7) is 1.37. The molecule has 0 saturated carbocycles. The van der Waals surface area contributed by atoms with Gasteiger partial charge in [0, 0.05) is 11.8 Å². The molecule has 0 heterocycles. The maximum Gasteiger partial charge on any atom is 0.420 e. The molecule has 3 aromatic carbocycles. The molecule has 0 aliphatic rings. The van der Waals surface area contributed by atoms with Crippen molar-refractivity contribution >= 4 is 11.6 Å². The zero-order valence-electron chi connectivity index (χ0n) is 15.3. The third-order valence-electron chi connectivity index (χ3n) is 4.07. The summed E-state index contributed by atoms with van der Waals surface area (Å²) < 4.78 is 84.5. The molecule has 9 heteroatoms. The summed E-state index contributed by atoms with van der Waals surface area (Å²) in [5.41, 5.74) is -1.31. The van der Waals surface area contributed by atoms with Gasteiger partial charge >= 0.3 is 6.18 Å². The van der Waals surface area contributed by atoms with Crippen molar-refractivity contribution in [3.63, 3.8) is 0 Å². The SMILES string of the molecule is Cc1cc(F)cc(F)c1C(=O)Nc1ccc(Oc2ccc(F)cc2C(F)(F)F)cc1. The summed E-state index contributed by atoms with van der Waals surface area (Å²) in [7, 11) is 0. The van der Waals surface area contributed by atoms with Gasteiger partial charge in [-0.05, 0) is 61.0 Å². The number of hydrogen-bond donors (Lipinski definition) is 1. The van der Waals surface area contributed by atoms with Gasteiger partial charge in [0.25, 0.3) is 5.91 Å². The Morgan fingerprint density at radius 2 is 1.57 bits per heavy atom. The standard InChI is InChI=1S/C21H13F6NO2/c1-11-8-13(23)10-17(24)19(11)20(29)28-14-3-5-15(6-4-14)30-18-7-2-12(22)9-16(18)21(25,26)27/h2-10H,1H3,(H,28,29). The number of alkyl halides is 3. The minimum absolute atomic E-state index is 0.00532. The molecule has 0 unspecified atom stereocenters. The fourth-order valence-electron chi connectivity index (χ4n) is 2.73. The number of aryl methyl sites for hydroxylation is 1. The van der Waals surface area contributed by atoms with Crippen molar-refractivity contribution in [3.05, 3.63) is 88.7 Å². The Hall–Kier alpha value is -3.49. The monoisotopic (exact) mass is 425 g/mol. The summed E-state index contributed by atoms with van der Waals surface area (Å²) in [5, 5.41) is 2.41. The van der Waals surface area contributed by atoms with Crippen molar-refractivity contribution in [2.45, 2.75) is 13.1 Å². The Kier molecular flexibility index (Phi) is 5.73. The fourth-order valence-corrected chi connectivity index (χ4v) is 2.73. The average Bonchev–Trinajstić information content (AvgIpc) is 2.63. The van der Waals surface area contributed by atoms with Gasteiger partial charge in [-0.1, -0.05) is 0 Å². The van der Waals surface area contributed by atoms with E-state index in [0.29, 0.717) is 12.1 Å². The predicted molar refractivity (Wildman–Crippen MR) is 97.0 cm³/mol. The van der Waals surface area contributed by atoms with E-state index in [1.165, 1.54) is 31.2 Å². The first kappa shape index (κ1) is 21.2. The van der Waals surface area contributed by atoms with Gasteiger partial charge in [0.15, 0.2) is 0 Å². The lowest BCUT2D eigenvalue weighted by Crippen LogP contribution is -2.15. The maximum absolute atomic E-state index is 13.9. The van der Waals surface area contributed by atoms with Crippen LogP contribution in [0.25, 0.3) is 0 Å². The van der Waals surface area contributed by atoms with Gasteiger partial charge in [-0.2, -0.15) is 13.2 Å². The number of anilines is 1. The highest BCUT2D eigenvalue weighted by Gasteiger charge is 2.35. The molecule has 0 aromatic heterocycles. The van der Waals surface area contributed by atoms with Crippen LogP contribution in [0.15, 0.2) is 54.6 Å². The van der Waals surface area contributed by atoms with Crippen LogP contribution in [0.4, 0.5) is 32.0 Å². The highest BCUT2D eigenvalue weighted by Crippen LogP contribution is 2.38. The summed E-state index contributed by atoms with van der Waals surface area (Å²) in [6, 6.07) is 8.79. The number of halogens is 6. The number of benzene rings is 3. The molecule has 0 saturated heterocycles. The number of nitrogens with one attached hydrogen (secondary N) is 1. The Morgan fingerprint density at radius 3 is 2.17 bits per heavy atom. The highest BCUT2D eigenvalue weighted by atomic mass is 19.4. The normalized spacial score (nSPS) is 11.3. The summed E-state index contributed by atoms with van der Waals surface area (Å²) in [4.78, 5) is 12.3. The van der Waals surface area contributed by atoms with Crippen LogP contribution in [0.2, 0.25) is 0 Å². The molecule has 0 aliphatic heterocycles. The largest absolute Gasteiger partial charge is 0.457 e. The quantitative estimate of drug-likeness (QED) is 0.486. The lowest BCUT2D eigenvalue weighted by Gasteiger charge is -2.14. The van der Waals surface area contributed by atoms with E-state index in [4.69, 9.17) is 4.74 Å². The van der Waals surface area contributed by atoms with E-state index < -0.39 is 40.8 Å². The van der Waals surface area contributed by atoms with Crippen molar-refractivity contribution in [3.8, 4) is 11.5 Å². The first-order valence-corrected chi connectivity index (χ1v) is 8.46. The molecule has 3 rings (SSSR count). The Bertz CT molecular complexity index is 1070. The van der Waals surface area contributed by atoms with E-state index in [2.05, 4.69) is 5.32 Å². The number of carbonyl (C=O) groups is 1. The molecule has 0 atom stereocenters. The lowest BCUT2D eigenvalue weighted by atomic mass is 10.1. The minimum atomic E-state index is -4.82. The maximum atomic E-state index is 13.9. The van der Waals surface area contributed by atoms with Crippen LogP contribution in [0, 0.1) is 24.4 Å². The third-order valence-corrected chi connectivity index (χ3v) is 4.07. The summed E-state index contributed by atoms with van der Waals surface area (Å²) in [5.74, 6) is -4.32. The van der Waals surface area contributed by atoms with E-state index in [-0.39, 0.29) is 22.6 Å². The predicted octanol–water partition coefficient (Wildman–Crippen LogP) is 6.48. The van der Waals surface area contributed by atoms with Crippen LogP contribution in [-0.4, -0.2) is 5.91 Å². The molecule has 1 amide bonds. The molecular weight excluding hydrogens is 412 g/mol. The number of amides is 1. The van der Waals surface area contributed by atoms with Crippen LogP contribution < -0.4 is 10.1 Å². The van der Waals surface area contributed by atoms with Crippen LogP contribution in [0.5, 0.6) is 11.5 Å². The molecule has 1 N–H and O–H groups in total. The zero-order valence-corrected chi connectivity index (χ0v) is 15.3. The van der Waals surface area contributed by atoms with Crippen LogP contribution in [0.1, 0.15) is 21.5 Å². The van der Waals surface area contributed by atoms with Crippen molar-refractivity contribution < 1.29 is 35.9 Å². The van der Waals surface area contributed by atoms with E-state index in [1.54, 1.807) is 0 Å². The molecule has 0 aliphatic carbocycles. The molecule has 0 bridgehead atoms. The second kappa shape index (κ2) is 8.10. The first-order valence-electron chi connectivity index (χ1n) is 8.46. The van der Waals surface area contributed by atoms with Gasteiger partial charge < -0.3 is 10.1 Å². The second-order valence-electron chi connectivity index (χ2n) is 6.30. The summed E-state index contributed by atoms with van der Waals surface area (Å²) >= 11 is 0. The van der Waals surface area contributed by atoms with Gasteiger partial charge in [0.05, 0.1) is 5.56 Å². The van der Waals surface area contributed by atoms with E-state index in [9.17, 15) is 31.1 Å². The zero-order chi connectivity index (χ0) is 22.1. The Morgan fingerprint density at radius 1 is 0.900 bits per heavy atom. The molecular formula is C21H13F6NO2. The number of rotatable bonds is 4. The molecule has 0 fully saturated rings. The van der Waals surface area contributed by atoms with Gasteiger partial charge in [0.2, 0.25) is 0 Å². The van der Waals surface area contributed by atoms with Gasteiger partial charge in [-0.3, -0.25) is 4.79 Å². The molecule has 0 spiro atoms. The molecule has 30 heavy (non-hydrogen) atoms. The van der Waals surface area contributed by atoms with E-state index >= 15 is 0 Å². The molecule has 0 radical (unpaired) electrons. The Labute approximate surface area is 166 Å². The molecule has 156 valence electrons. The Balaban J connectivity index is 1.78. The molecule has 3 aromatic rings. The minimum Gasteiger partial charge on any atom is -0.457 e. The number of ether oxygens (including phenoxy) is 1. The number of hydrogen-bond acceptors (Lipinski definition) is 2. The lowest BCUT2D eigenvalue weighted by molar-refractivity contribution is -0.138. The first-order chi connectivity index (χ1) is 14.0. The van der Waals surface area contributed by atoms with Gasteiger partial charge in [0.1, 0.15) is 34.5 Å².